The molecule has 8 nitrogen and oxygen atoms in total. The molecule has 2 aromatic heterocycles. The van der Waals surface area contributed by atoms with E-state index < -0.39 is 11.8 Å². The molecule has 4 aromatic carbocycles. The lowest BCUT2D eigenvalue weighted by Crippen LogP contribution is -2.21. The number of aryl methyl sites for hydroxylation is 1. The Morgan fingerprint density at radius 3 is 2.15 bits per heavy atom. The van der Waals surface area contributed by atoms with Crippen LogP contribution in [0.1, 0.15) is 30.5 Å². The maximum Gasteiger partial charge on any atom is 0.333 e. The SMILES string of the molecule is CC(C)COC(=O)Cc1ccc(-c2ccc3c(c2)n(C)c(=O)n3-c2ccc(OCc3ccccc3)nc2OCc2ccccc2)c(F)c1. The predicted octanol–water partition coefficient (Wildman–Crippen LogP) is 7.43. The quantitative estimate of drug-likeness (QED) is 0.129. The first-order chi connectivity index (χ1) is 23.3. The van der Waals surface area contributed by atoms with Crippen molar-refractivity contribution < 1.29 is 23.4 Å². The number of carbonyl (C=O) groups excluding carboxylic acids is 1. The van der Waals surface area contributed by atoms with Crippen molar-refractivity contribution in [1.29, 1.82) is 0 Å². The van der Waals surface area contributed by atoms with Crippen LogP contribution in [0.3, 0.4) is 0 Å². The van der Waals surface area contributed by atoms with E-state index >= 15 is 4.39 Å². The van der Waals surface area contributed by atoms with Crippen LogP contribution in [-0.2, 0) is 36.2 Å². The molecule has 0 aliphatic rings. The topological polar surface area (TPSA) is 84.6 Å². The third kappa shape index (κ3) is 7.31. The molecule has 0 atom stereocenters. The highest BCUT2D eigenvalue weighted by Gasteiger charge is 2.20. The van der Waals surface area contributed by atoms with E-state index in [1.54, 1.807) is 49.5 Å². The number of fused-ring (bicyclic) bond motifs is 1. The predicted molar refractivity (Wildman–Crippen MR) is 183 cm³/mol. The molecule has 0 amide bonds. The number of nitrogens with zero attached hydrogens (tertiary/aromatic N) is 3. The van der Waals surface area contributed by atoms with Gasteiger partial charge in [0.1, 0.15) is 24.7 Å². The number of hydrogen-bond donors (Lipinski definition) is 0. The molecular formula is C39H36FN3O5. The number of rotatable bonds is 12. The van der Waals surface area contributed by atoms with Crippen LogP contribution in [0.25, 0.3) is 27.8 Å². The Kier molecular flexibility index (Phi) is 9.66. The lowest BCUT2D eigenvalue weighted by molar-refractivity contribution is -0.143. The Morgan fingerprint density at radius 1 is 0.792 bits per heavy atom. The minimum Gasteiger partial charge on any atom is -0.473 e. The zero-order valence-corrected chi connectivity index (χ0v) is 27.1. The van der Waals surface area contributed by atoms with Gasteiger partial charge in [-0.3, -0.25) is 13.9 Å². The van der Waals surface area contributed by atoms with Crippen LogP contribution in [0, 0.1) is 11.7 Å². The first-order valence-electron chi connectivity index (χ1n) is 15.8. The van der Waals surface area contributed by atoms with Crippen molar-refractivity contribution in [3.8, 4) is 28.6 Å². The number of esters is 1. The number of imidazole rings is 1. The van der Waals surface area contributed by atoms with Crippen molar-refractivity contribution in [2.24, 2.45) is 13.0 Å². The van der Waals surface area contributed by atoms with Gasteiger partial charge in [-0.2, -0.15) is 4.98 Å². The average Bonchev–Trinajstić information content (AvgIpc) is 3.34. The maximum atomic E-state index is 15.4. The van der Waals surface area contributed by atoms with Crippen molar-refractivity contribution in [2.45, 2.75) is 33.5 Å². The van der Waals surface area contributed by atoms with Gasteiger partial charge in [0.25, 0.3) is 0 Å². The molecule has 0 N–H and O–H groups in total. The van der Waals surface area contributed by atoms with E-state index in [2.05, 4.69) is 4.98 Å². The monoisotopic (exact) mass is 645 g/mol. The highest BCUT2D eigenvalue weighted by molar-refractivity contribution is 5.84. The van der Waals surface area contributed by atoms with Crippen LogP contribution in [0.2, 0.25) is 0 Å². The number of benzene rings is 4. The molecule has 6 rings (SSSR count). The van der Waals surface area contributed by atoms with Crippen LogP contribution < -0.4 is 15.2 Å². The average molecular weight is 646 g/mol. The minimum atomic E-state index is -0.472. The van der Waals surface area contributed by atoms with Crippen LogP contribution >= 0.6 is 0 Å². The van der Waals surface area contributed by atoms with Crippen LogP contribution in [0.15, 0.2) is 114 Å². The molecule has 0 saturated carbocycles. The van der Waals surface area contributed by atoms with Crippen molar-refractivity contribution >= 4 is 17.0 Å². The molecule has 6 aromatic rings. The van der Waals surface area contributed by atoms with E-state index in [0.29, 0.717) is 52.5 Å². The number of pyridine rings is 1. The zero-order valence-electron chi connectivity index (χ0n) is 27.1. The van der Waals surface area contributed by atoms with Gasteiger partial charge in [0.2, 0.25) is 11.8 Å². The molecule has 0 aliphatic heterocycles. The molecule has 244 valence electrons. The van der Waals surface area contributed by atoms with Crippen molar-refractivity contribution in [2.75, 3.05) is 6.61 Å². The van der Waals surface area contributed by atoms with Gasteiger partial charge in [0.15, 0.2) is 0 Å². The summed E-state index contributed by atoms with van der Waals surface area (Å²) in [5.41, 5.74) is 4.72. The third-order valence-corrected chi connectivity index (χ3v) is 7.83. The molecular weight excluding hydrogens is 609 g/mol. The molecule has 0 fully saturated rings. The lowest BCUT2D eigenvalue weighted by atomic mass is 10.0. The number of halogens is 1. The van der Waals surface area contributed by atoms with E-state index in [1.165, 1.54) is 15.2 Å². The molecule has 0 spiro atoms. The number of hydrogen-bond acceptors (Lipinski definition) is 6. The molecule has 48 heavy (non-hydrogen) atoms. The Hall–Kier alpha value is -5.70. The fourth-order valence-corrected chi connectivity index (χ4v) is 5.35. The van der Waals surface area contributed by atoms with Gasteiger partial charge in [-0.1, -0.05) is 92.7 Å². The first-order valence-corrected chi connectivity index (χ1v) is 15.8. The lowest BCUT2D eigenvalue weighted by Gasteiger charge is -2.14. The van der Waals surface area contributed by atoms with E-state index in [-0.39, 0.29) is 30.5 Å². The molecule has 9 heteroatoms. The minimum absolute atomic E-state index is 0.0148. The first kappa shape index (κ1) is 32.2. The summed E-state index contributed by atoms with van der Waals surface area (Å²) in [6, 6.07) is 33.0. The summed E-state index contributed by atoms with van der Waals surface area (Å²) in [4.78, 5) is 30.6. The Bertz CT molecular complexity index is 2110. The fourth-order valence-electron chi connectivity index (χ4n) is 5.35. The zero-order chi connectivity index (χ0) is 33.6. The summed E-state index contributed by atoms with van der Waals surface area (Å²) in [6.45, 7) is 4.79. The fraction of sp³-hybridized carbons (Fsp3) is 0.205. The molecule has 0 radical (unpaired) electrons. The summed E-state index contributed by atoms with van der Waals surface area (Å²) in [7, 11) is 1.67. The second kappa shape index (κ2) is 14.4. The molecule has 2 heterocycles. The van der Waals surface area contributed by atoms with Gasteiger partial charge in [0, 0.05) is 18.7 Å². The van der Waals surface area contributed by atoms with Gasteiger partial charge in [-0.15, -0.1) is 0 Å². The highest BCUT2D eigenvalue weighted by atomic mass is 19.1. The summed E-state index contributed by atoms with van der Waals surface area (Å²) in [5.74, 6) is -0.0624. The number of aromatic nitrogens is 3. The second-order valence-corrected chi connectivity index (χ2v) is 12.0. The van der Waals surface area contributed by atoms with E-state index in [1.807, 2.05) is 74.5 Å². The normalized spacial score (nSPS) is 11.2. The van der Waals surface area contributed by atoms with Crippen LogP contribution in [0.5, 0.6) is 11.8 Å². The highest BCUT2D eigenvalue weighted by Crippen LogP contribution is 2.31. The third-order valence-electron chi connectivity index (χ3n) is 7.83. The molecule has 0 bridgehead atoms. The smallest absolute Gasteiger partial charge is 0.333 e. The standard InChI is InChI=1S/C39H36FN3O5/c1-26(2)23-47-37(44)21-29-14-16-31(32(40)20-29)30-15-17-33-35(22-30)42(3)39(45)43(33)34-18-19-36(46-24-27-10-6-4-7-11-27)41-38(34)48-25-28-12-8-5-9-13-28/h4-20,22,26H,21,23-25H2,1-3H3. The summed E-state index contributed by atoms with van der Waals surface area (Å²) >= 11 is 0. The van der Waals surface area contributed by atoms with Crippen molar-refractivity contribution in [3.05, 3.63) is 142 Å². The van der Waals surface area contributed by atoms with Crippen LogP contribution in [0.4, 0.5) is 4.39 Å². The molecule has 0 unspecified atom stereocenters. The van der Waals surface area contributed by atoms with E-state index in [9.17, 15) is 9.59 Å². The Morgan fingerprint density at radius 2 is 1.48 bits per heavy atom. The van der Waals surface area contributed by atoms with E-state index in [4.69, 9.17) is 14.2 Å². The van der Waals surface area contributed by atoms with Gasteiger partial charge in [-0.05, 0) is 52.4 Å². The van der Waals surface area contributed by atoms with E-state index in [0.717, 1.165) is 11.1 Å². The van der Waals surface area contributed by atoms with Crippen molar-refractivity contribution in [1.82, 2.24) is 14.1 Å². The van der Waals surface area contributed by atoms with Crippen LogP contribution in [-0.4, -0.2) is 26.7 Å². The number of ether oxygens (including phenoxy) is 3. The van der Waals surface area contributed by atoms with Gasteiger partial charge < -0.3 is 14.2 Å². The Labute approximate surface area is 278 Å². The maximum absolute atomic E-state index is 15.4. The summed E-state index contributed by atoms with van der Waals surface area (Å²) < 4.78 is 35.9. The van der Waals surface area contributed by atoms with Crippen molar-refractivity contribution in [3.63, 3.8) is 0 Å². The van der Waals surface area contributed by atoms with Gasteiger partial charge in [0.05, 0.1) is 24.1 Å². The van der Waals surface area contributed by atoms with Gasteiger partial charge >= 0.3 is 11.7 Å². The molecule has 0 aliphatic carbocycles. The number of carbonyl (C=O) groups is 1. The summed E-state index contributed by atoms with van der Waals surface area (Å²) in [5, 5.41) is 0. The largest absolute Gasteiger partial charge is 0.473 e. The second-order valence-electron chi connectivity index (χ2n) is 12.0. The van der Waals surface area contributed by atoms with Gasteiger partial charge in [-0.25, -0.2) is 9.18 Å². The molecule has 0 saturated heterocycles. The Balaban J connectivity index is 1.32. The summed E-state index contributed by atoms with van der Waals surface area (Å²) in [6.07, 6.45) is -0.0148.